The van der Waals surface area contributed by atoms with Gasteiger partial charge in [0.2, 0.25) is 0 Å². The van der Waals surface area contributed by atoms with Crippen LogP contribution in [-0.4, -0.2) is 43.9 Å². The molecule has 3 N–H and O–H groups in total. The maximum Gasteiger partial charge on any atom is 0.260 e. The molecular formula is C13H26N4O3S. The number of H-pyrrole nitrogens is 1. The van der Waals surface area contributed by atoms with E-state index in [4.69, 9.17) is 4.74 Å². The normalized spacial score (nSPS) is 13.8. The van der Waals surface area contributed by atoms with E-state index in [2.05, 4.69) is 20.2 Å². The standard InChI is InChI=1S/C13H26N4O3S/c1-6-20-8-10(4)17-21(18,19)13-12(7-14-9(2)3)11(5)15-16-13/h9-10,14,17H,6-8H2,1-5H3,(H,15,16). The van der Waals surface area contributed by atoms with Crippen molar-refractivity contribution in [1.29, 1.82) is 0 Å². The molecule has 1 atom stereocenters. The molecule has 0 bridgehead atoms. The number of nitrogens with one attached hydrogen (secondary N) is 3. The average molecular weight is 318 g/mol. The molecule has 0 amide bonds. The minimum Gasteiger partial charge on any atom is -0.380 e. The molecule has 1 rings (SSSR count). The Hall–Kier alpha value is -0.960. The zero-order valence-corrected chi connectivity index (χ0v) is 14.2. The van der Waals surface area contributed by atoms with E-state index in [1.165, 1.54) is 0 Å². The van der Waals surface area contributed by atoms with E-state index < -0.39 is 10.0 Å². The second-order valence-corrected chi connectivity index (χ2v) is 6.98. The maximum absolute atomic E-state index is 12.4. The van der Waals surface area contributed by atoms with Gasteiger partial charge in [-0.1, -0.05) is 13.8 Å². The van der Waals surface area contributed by atoms with E-state index in [1.54, 1.807) is 6.92 Å². The van der Waals surface area contributed by atoms with Crippen LogP contribution in [0.4, 0.5) is 0 Å². The first-order valence-corrected chi connectivity index (χ1v) is 8.63. The number of sulfonamides is 1. The second-order valence-electron chi connectivity index (χ2n) is 5.35. The Morgan fingerprint density at radius 2 is 2.00 bits per heavy atom. The maximum atomic E-state index is 12.4. The molecule has 122 valence electrons. The van der Waals surface area contributed by atoms with E-state index in [1.807, 2.05) is 27.7 Å². The highest BCUT2D eigenvalue weighted by molar-refractivity contribution is 7.89. The Morgan fingerprint density at radius 3 is 2.57 bits per heavy atom. The van der Waals surface area contributed by atoms with Crippen LogP contribution in [0.1, 0.15) is 39.0 Å². The zero-order valence-electron chi connectivity index (χ0n) is 13.4. The lowest BCUT2D eigenvalue weighted by atomic mass is 10.2. The van der Waals surface area contributed by atoms with Crippen molar-refractivity contribution in [3.63, 3.8) is 0 Å². The van der Waals surface area contributed by atoms with Crippen LogP contribution in [0.15, 0.2) is 5.03 Å². The summed E-state index contributed by atoms with van der Waals surface area (Å²) in [7, 11) is -3.66. The summed E-state index contributed by atoms with van der Waals surface area (Å²) in [6, 6.07) is -0.0439. The average Bonchev–Trinajstić information content (AvgIpc) is 2.75. The van der Waals surface area contributed by atoms with Crippen molar-refractivity contribution < 1.29 is 13.2 Å². The third-order valence-electron chi connectivity index (χ3n) is 2.91. The Balaban J connectivity index is 2.87. The quantitative estimate of drug-likeness (QED) is 0.629. The van der Waals surface area contributed by atoms with E-state index in [9.17, 15) is 8.42 Å². The smallest absolute Gasteiger partial charge is 0.260 e. The molecule has 1 unspecified atom stereocenters. The minimum absolute atomic E-state index is 0.0523. The number of aryl methyl sites for hydroxylation is 1. The molecule has 1 aromatic heterocycles. The second kappa shape index (κ2) is 7.88. The summed E-state index contributed by atoms with van der Waals surface area (Å²) in [5, 5.41) is 9.95. The zero-order chi connectivity index (χ0) is 16.0. The fourth-order valence-electron chi connectivity index (χ4n) is 1.82. The van der Waals surface area contributed by atoms with Gasteiger partial charge in [0.15, 0.2) is 5.03 Å². The van der Waals surface area contributed by atoms with Crippen molar-refractivity contribution in [2.75, 3.05) is 13.2 Å². The number of hydrogen-bond donors (Lipinski definition) is 3. The fourth-order valence-corrected chi connectivity index (χ4v) is 3.24. The van der Waals surface area contributed by atoms with Crippen molar-refractivity contribution in [2.45, 2.75) is 58.3 Å². The summed E-state index contributed by atoms with van der Waals surface area (Å²) in [5.41, 5.74) is 1.42. The third-order valence-corrected chi connectivity index (χ3v) is 4.47. The molecule has 1 aromatic rings. The predicted octanol–water partition coefficient (Wildman–Crippen LogP) is 0.919. The Labute approximate surface area is 126 Å². The monoisotopic (exact) mass is 318 g/mol. The Morgan fingerprint density at radius 1 is 1.33 bits per heavy atom. The molecule has 0 spiro atoms. The molecule has 1 heterocycles. The van der Waals surface area contributed by atoms with Gasteiger partial charge in [-0.2, -0.15) is 5.10 Å². The topological polar surface area (TPSA) is 96.1 Å². The summed E-state index contributed by atoms with van der Waals surface area (Å²) >= 11 is 0. The lowest BCUT2D eigenvalue weighted by Crippen LogP contribution is -2.36. The van der Waals surface area contributed by atoms with Gasteiger partial charge in [-0.3, -0.25) is 5.10 Å². The third kappa shape index (κ3) is 5.39. The molecule has 0 radical (unpaired) electrons. The van der Waals surface area contributed by atoms with E-state index >= 15 is 0 Å². The van der Waals surface area contributed by atoms with Crippen LogP contribution in [0.5, 0.6) is 0 Å². The van der Waals surface area contributed by atoms with Crippen molar-refractivity contribution in [3.8, 4) is 0 Å². The van der Waals surface area contributed by atoms with Gasteiger partial charge in [0.05, 0.1) is 6.61 Å². The first-order chi connectivity index (χ1) is 9.77. The first kappa shape index (κ1) is 18.1. The van der Waals surface area contributed by atoms with Crippen LogP contribution >= 0.6 is 0 Å². The molecular weight excluding hydrogens is 292 g/mol. The van der Waals surface area contributed by atoms with Gasteiger partial charge in [0, 0.05) is 36.5 Å². The van der Waals surface area contributed by atoms with Crippen molar-refractivity contribution in [2.24, 2.45) is 0 Å². The Kier molecular flexibility index (Phi) is 6.79. The molecule has 0 saturated heterocycles. The minimum atomic E-state index is -3.66. The highest BCUT2D eigenvalue weighted by Crippen LogP contribution is 2.16. The van der Waals surface area contributed by atoms with Gasteiger partial charge in [-0.25, -0.2) is 13.1 Å². The molecule has 0 aliphatic rings. The van der Waals surface area contributed by atoms with Gasteiger partial charge in [0.1, 0.15) is 0 Å². The number of nitrogens with zero attached hydrogens (tertiary/aromatic N) is 1. The molecule has 0 aromatic carbocycles. The number of aromatic nitrogens is 2. The summed E-state index contributed by atoms with van der Waals surface area (Å²) in [4.78, 5) is 0. The van der Waals surface area contributed by atoms with E-state index in [0.29, 0.717) is 25.3 Å². The summed E-state index contributed by atoms with van der Waals surface area (Å²) in [6.45, 7) is 10.8. The van der Waals surface area contributed by atoms with Crippen LogP contribution in [0, 0.1) is 6.92 Å². The number of aromatic amines is 1. The van der Waals surface area contributed by atoms with Gasteiger partial charge in [-0.15, -0.1) is 0 Å². The van der Waals surface area contributed by atoms with Crippen molar-refractivity contribution >= 4 is 10.0 Å². The van der Waals surface area contributed by atoms with Crippen LogP contribution in [0.2, 0.25) is 0 Å². The van der Waals surface area contributed by atoms with Crippen molar-refractivity contribution in [1.82, 2.24) is 20.2 Å². The summed E-state index contributed by atoms with van der Waals surface area (Å²) in [6.07, 6.45) is 0. The highest BCUT2D eigenvalue weighted by atomic mass is 32.2. The van der Waals surface area contributed by atoms with Gasteiger partial charge >= 0.3 is 0 Å². The summed E-state index contributed by atoms with van der Waals surface area (Å²) in [5.74, 6) is 0. The molecule has 0 saturated carbocycles. The molecule has 8 heteroatoms. The van der Waals surface area contributed by atoms with Gasteiger partial charge < -0.3 is 10.1 Å². The van der Waals surface area contributed by atoms with Gasteiger partial charge in [0.25, 0.3) is 10.0 Å². The molecule has 7 nitrogen and oxygen atoms in total. The molecule has 21 heavy (non-hydrogen) atoms. The van der Waals surface area contributed by atoms with Gasteiger partial charge in [-0.05, 0) is 20.8 Å². The highest BCUT2D eigenvalue weighted by Gasteiger charge is 2.25. The van der Waals surface area contributed by atoms with E-state index in [-0.39, 0.29) is 17.1 Å². The number of ether oxygens (including phenoxy) is 1. The fraction of sp³-hybridized carbons (Fsp3) is 0.769. The first-order valence-electron chi connectivity index (χ1n) is 7.15. The van der Waals surface area contributed by atoms with Crippen molar-refractivity contribution in [3.05, 3.63) is 11.3 Å². The van der Waals surface area contributed by atoms with Crippen LogP contribution < -0.4 is 10.0 Å². The van der Waals surface area contributed by atoms with E-state index in [0.717, 1.165) is 5.69 Å². The van der Waals surface area contributed by atoms with Crippen LogP contribution in [-0.2, 0) is 21.3 Å². The molecule has 0 aliphatic heterocycles. The SMILES string of the molecule is CCOCC(C)NS(=O)(=O)c1n[nH]c(C)c1CNC(C)C. The number of hydrogen-bond acceptors (Lipinski definition) is 5. The predicted molar refractivity (Wildman–Crippen MR) is 81.6 cm³/mol. The summed E-state index contributed by atoms with van der Waals surface area (Å²) < 4.78 is 32.6. The van der Waals surface area contributed by atoms with Crippen LogP contribution in [0.3, 0.4) is 0 Å². The number of rotatable bonds is 9. The van der Waals surface area contributed by atoms with Crippen LogP contribution in [0.25, 0.3) is 0 Å². The largest absolute Gasteiger partial charge is 0.380 e. The molecule has 0 fully saturated rings. The lowest BCUT2D eigenvalue weighted by Gasteiger charge is -2.14. The lowest BCUT2D eigenvalue weighted by molar-refractivity contribution is 0.133. The molecule has 0 aliphatic carbocycles. The Bertz CT molecular complexity index is 540.